The summed E-state index contributed by atoms with van der Waals surface area (Å²) in [5.74, 6) is -0.670. The number of allylic oxidation sites excluding steroid dienone is 1. The fourth-order valence-corrected chi connectivity index (χ4v) is 1.10. The normalized spacial score (nSPS) is 14.1. The lowest BCUT2D eigenvalue weighted by Gasteiger charge is -2.14. The van der Waals surface area contributed by atoms with Gasteiger partial charge < -0.3 is 4.74 Å². The van der Waals surface area contributed by atoms with Crippen molar-refractivity contribution in [1.29, 1.82) is 0 Å². The summed E-state index contributed by atoms with van der Waals surface area (Å²) in [6.45, 7) is 1.80. The van der Waals surface area contributed by atoms with E-state index in [2.05, 4.69) is 72.5 Å². The second kappa shape index (κ2) is 6.27. The first-order valence-corrected chi connectivity index (χ1v) is 7.44. The molecule has 0 atom stereocenters. The molecule has 0 rings (SSSR count). The number of rotatable bonds is 2. The summed E-state index contributed by atoms with van der Waals surface area (Å²) in [6, 6.07) is 0. The molecule has 0 unspecified atom stereocenters. The number of carbonyl (C=O) groups is 1. The molecule has 0 bridgehead atoms. The molecule has 0 aliphatic heterocycles. The number of carbonyl (C=O) groups excluding carboxylic acids is 1. The Hall–Kier alpha value is 2.27. The van der Waals surface area contributed by atoms with Crippen LogP contribution in [0.5, 0.6) is 0 Å². The lowest BCUT2D eigenvalue weighted by Crippen LogP contribution is -2.15. The zero-order chi connectivity index (χ0) is 11.6. The van der Waals surface area contributed by atoms with Crippen molar-refractivity contribution in [1.82, 2.24) is 0 Å². The predicted octanol–water partition coefficient (Wildman–Crippen LogP) is 4.76. The Morgan fingerprint density at radius 2 is 1.71 bits per heavy atom. The van der Waals surface area contributed by atoms with Gasteiger partial charge in [0.05, 0.1) is 0 Å². The summed E-state index contributed by atoms with van der Waals surface area (Å²) >= 11 is 22.4. The van der Waals surface area contributed by atoms with Gasteiger partial charge in [-0.1, -0.05) is 67.8 Å². The molecule has 0 saturated carbocycles. The van der Waals surface area contributed by atoms with E-state index in [0.29, 0.717) is 0 Å². The Balaban J connectivity index is 4.46. The summed E-state index contributed by atoms with van der Waals surface area (Å²) in [7, 11) is 0. The molecule has 0 aromatic heterocycles. The van der Waals surface area contributed by atoms with E-state index < -0.39 is 9.95 Å². The van der Waals surface area contributed by atoms with Gasteiger partial charge in [0.2, 0.25) is 0 Å². The fourth-order valence-electron chi connectivity index (χ4n) is 0.402. The van der Waals surface area contributed by atoms with Crippen LogP contribution in [0.25, 0.3) is 0 Å². The average molecular weight is 595 g/mol. The van der Waals surface area contributed by atoms with Gasteiger partial charge in [-0.2, -0.15) is 0 Å². The van der Waals surface area contributed by atoms with Gasteiger partial charge in [-0.05, 0) is 47.3 Å². The van der Waals surface area contributed by atoms with Crippen molar-refractivity contribution >= 4 is 109 Å². The number of hydrogen-bond acceptors (Lipinski definition) is 2. The molecule has 0 fully saturated rings. The molecule has 2 nitrogen and oxygen atoms in total. The van der Waals surface area contributed by atoms with E-state index in [1.165, 1.54) is 6.08 Å². The molecule has 0 heterocycles. The predicted molar refractivity (Wildman–Crippen MR) is 84.9 cm³/mol. The second-order valence-electron chi connectivity index (χ2n) is 2.19. The number of esters is 1. The van der Waals surface area contributed by atoms with E-state index in [4.69, 9.17) is 34.8 Å². The highest BCUT2D eigenvalue weighted by Gasteiger charge is 2.26. The van der Waals surface area contributed by atoms with E-state index >= 15 is 0 Å². The van der Waals surface area contributed by atoms with E-state index in [1.54, 1.807) is 6.92 Å². The van der Waals surface area contributed by atoms with Crippen molar-refractivity contribution in [3.8, 4) is 0 Å². The standard InChI is InChI=1S/C6H4Cl3I3O2/c1-3(5(10,11)12)2-4(13)14-6(7,8)9/h2H,1H3/b3-2-. The van der Waals surface area contributed by atoms with Gasteiger partial charge in [-0.3, -0.25) is 0 Å². The van der Waals surface area contributed by atoms with Gasteiger partial charge in [0, 0.05) is 6.08 Å². The molecule has 82 valence electrons. The largest absolute Gasteiger partial charge is 0.411 e. The highest BCUT2D eigenvalue weighted by atomic mass is 127. The third-order valence-corrected chi connectivity index (χ3v) is 3.78. The number of alkyl halides is 6. The molecular formula is C6H4Cl3I3O2. The quantitative estimate of drug-likeness (QED) is 0.199. The van der Waals surface area contributed by atoms with Crippen LogP contribution in [0.3, 0.4) is 0 Å². The van der Waals surface area contributed by atoms with Gasteiger partial charge in [0.1, 0.15) is -0.565 Å². The third kappa shape index (κ3) is 8.43. The van der Waals surface area contributed by atoms with Crippen molar-refractivity contribution in [2.24, 2.45) is 0 Å². The molecule has 0 amide bonds. The van der Waals surface area contributed by atoms with Crippen LogP contribution >= 0.6 is 103 Å². The summed E-state index contributed by atoms with van der Waals surface area (Å²) in [6.07, 6.45) is 1.30. The maximum absolute atomic E-state index is 11.2. The van der Waals surface area contributed by atoms with Crippen LogP contribution in [-0.4, -0.2) is 9.38 Å². The van der Waals surface area contributed by atoms with Gasteiger partial charge in [-0.15, -0.1) is 0 Å². The van der Waals surface area contributed by atoms with Gasteiger partial charge in [-0.25, -0.2) is 4.79 Å². The smallest absolute Gasteiger partial charge is 0.341 e. The first-order chi connectivity index (χ1) is 6.02. The summed E-state index contributed by atoms with van der Waals surface area (Å²) in [5, 5.41) is 0. The second-order valence-corrected chi connectivity index (χ2v) is 15.4. The van der Waals surface area contributed by atoms with Crippen molar-refractivity contribution in [2.75, 3.05) is 0 Å². The van der Waals surface area contributed by atoms with Crippen molar-refractivity contribution in [3.63, 3.8) is 0 Å². The Labute approximate surface area is 138 Å². The molecule has 0 aliphatic carbocycles. The molecular weight excluding hydrogens is 591 g/mol. The van der Waals surface area contributed by atoms with E-state index in [1.807, 2.05) is 0 Å². The molecule has 0 aromatic rings. The van der Waals surface area contributed by atoms with Crippen molar-refractivity contribution in [3.05, 3.63) is 11.6 Å². The highest BCUT2D eigenvalue weighted by molar-refractivity contribution is 14.3. The van der Waals surface area contributed by atoms with Gasteiger partial charge in [0.25, 0.3) is 0 Å². The first-order valence-electron chi connectivity index (χ1n) is 3.07. The number of hydrogen-bond donors (Lipinski definition) is 0. The minimum Gasteiger partial charge on any atom is -0.411 e. The lowest BCUT2D eigenvalue weighted by molar-refractivity contribution is -0.138. The molecule has 14 heavy (non-hydrogen) atoms. The summed E-state index contributed by atoms with van der Waals surface area (Å²) in [5.41, 5.74) is 0.818. The Morgan fingerprint density at radius 3 is 2.00 bits per heavy atom. The fraction of sp³-hybridized carbons (Fsp3) is 0.500. The molecule has 0 saturated heterocycles. The molecule has 0 radical (unpaired) electrons. The van der Waals surface area contributed by atoms with Crippen LogP contribution in [0.2, 0.25) is 0 Å². The Bertz CT molecular complexity index is 254. The molecule has 0 aromatic carbocycles. The minimum absolute atomic E-state index is 0.195. The van der Waals surface area contributed by atoms with Crippen LogP contribution in [0, 0.1) is 0 Å². The number of ether oxygens (including phenoxy) is 1. The summed E-state index contributed by atoms with van der Waals surface area (Å²) in [4.78, 5) is 11.2. The van der Waals surface area contributed by atoms with Gasteiger partial charge in [0.15, 0.2) is 0 Å². The topological polar surface area (TPSA) is 26.3 Å². The van der Waals surface area contributed by atoms with Gasteiger partial charge >= 0.3 is 9.95 Å². The summed E-state index contributed by atoms with van der Waals surface area (Å²) < 4.78 is 2.28. The van der Waals surface area contributed by atoms with Crippen molar-refractivity contribution in [2.45, 2.75) is 10.3 Å². The monoisotopic (exact) mass is 594 g/mol. The molecule has 8 heteroatoms. The molecule has 0 N–H and O–H groups in total. The third-order valence-electron chi connectivity index (χ3n) is 0.998. The van der Waals surface area contributed by atoms with E-state index in [0.717, 1.165) is 5.57 Å². The van der Waals surface area contributed by atoms with Crippen LogP contribution < -0.4 is 0 Å². The van der Waals surface area contributed by atoms with E-state index in [9.17, 15) is 4.79 Å². The maximum atomic E-state index is 11.2. The zero-order valence-corrected chi connectivity index (χ0v) is 15.4. The maximum Gasteiger partial charge on any atom is 0.341 e. The first kappa shape index (κ1) is 16.3. The molecule has 0 aliphatic rings. The van der Waals surface area contributed by atoms with Crippen LogP contribution in [0.1, 0.15) is 6.92 Å². The SMILES string of the molecule is C/C(=C/C(=O)OC(Cl)(Cl)Cl)C(I)(I)I. The minimum atomic E-state index is -2.00. The average Bonchev–Trinajstić information content (AvgIpc) is 1.79. The zero-order valence-electron chi connectivity index (χ0n) is 6.66. The van der Waals surface area contributed by atoms with Crippen LogP contribution in [0.4, 0.5) is 0 Å². The van der Waals surface area contributed by atoms with Crippen molar-refractivity contribution < 1.29 is 9.53 Å². The highest BCUT2D eigenvalue weighted by Crippen LogP contribution is 2.42. The Kier molecular flexibility index (Phi) is 7.29. The molecule has 0 spiro atoms. The Morgan fingerprint density at radius 1 is 1.29 bits per heavy atom. The van der Waals surface area contributed by atoms with Crippen LogP contribution in [0.15, 0.2) is 11.6 Å². The van der Waals surface area contributed by atoms with E-state index in [-0.39, 0.29) is -0.565 Å². The lowest BCUT2D eigenvalue weighted by atomic mass is 10.3. The number of halogens is 6. The van der Waals surface area contributed by atoms with Crippen LogP contribution in [-0.2, 0) is 9.53 Å².